The molecule has 0 saturated carbocycles. The van der Waals surface area contributed by atoms with E-state index in [0.29, 0.717) is 57.5 Å². The van der Waals surface area contributed by atoms with E-state index in [1.165, 1.54) is 8.61 Å². The summed E-state index contributed by atoms with van der Waals surface area (Å²) in [6.45, 7) is 2.88. The average Bonchev–Trinajstić information content (AvgIpc) is 3.18. The molecule has 1 aromatic rings. The molecule has 2 aliphatic rings. The lowest BCUT2D eigenvalue weighted by Gasteiger charge is -2.39. The Kier molecular flexibility index (Phi) is 6.52. The van der Waals surface area contributed by atoms with Crippen molar-refractivity contribution in [3.05, 3.63) is 11.7 Å². The van der Waals surface area contributed by atoms with E-state index in [0.717, 1.165) is 19.3 Å². The van der Waals surface area contributed by atoms with Gasteiger partial charge in [0.25, 0.3) is 10.2 Å². The molecule has 0 aliphatic carbocycles. The molecule has 3 heterocycles. The van der Waals surface area contributed by atoms with Gasteiger partial charge in [-0.2, -0.15) is 22.0 Å². The molecule has 9 nitrogen and oxygen atoms in total. The Labute approximate surface area is 161 Å². The highest BCUT2D eigenvalue weighted by Gasteiger charge is 2.43. The Morgan fingerprint density at radius 1 is 1.26 bits per heavy atom. The van der Waals surface area contributed by atoms with Gasteiger partial charge in [-0.1, -0.05) is 5.16 Å². The number of piperidine rings is 1. The second-order valence-corrected chi connectivity index (χ2v) is 9.70. The van der Waals surface area contributed by atoms with E-state index >= 15 is 0 Å². The van der Waals surface area contributed by atoms with Crippen molar-refractivity contribution in [3.8, 4) is 0 Å². The maximum absolute atomic E-state index is 12.4. The molecule has 2 fully saturated rings. The monoisotopic (exact) mass is 402 g/mol. The predicted molar refractivity (Wildman–Crippen MR) is 98.7 cm³/mol. The Hall–Kier alpha value is -1.07. The zero-order chi connectivity index (χ0) is 19.5. The van der Waals surface area contributed by atoms with Crippen LogP contribution in [0, 0.1) is 0 Å². The summed E-state index contributed by atoms with van der Waals surface area (Å²) in [5, 5.41) is 4.30. The number of rotatable bonds is 7. The lowest BCUT2D eigenvalue weighted by molar-refractivity contribution is 0.0778. The van der Waals surface area contributed by atoms with Crippen LogP contribution in [0.4, 0.5) is 0 Å². The van der Waals surface area contributed by atoms with Crippen LogP contribution in [0.3, 0.4) is 0 Å². The van der Waals surface area contributed by atoms with Crippen molar-refractivity contribution in [2.75, 3.05) is 54.1 Å². The van der Waals surface area contributed by atoms with Gasteiger partial charge in [0.2, 0.25) is 5.89 Å². The fourth-order valence-corrected chi connectivity index (χ4v) is 4.93. The van der Waals surface area contributed by atoms with Crippen molar-refractivity contribution in [1.82, 2.24) is 18.8 Å². The fourth-order valence-electron chi connectivity index (χ4n) is 3.82. The first-order valence-electron chi connectivity index (χ1n) is 9.47. The summed E-state index contributed by atoms with van der Waals surface area (Å²) in [7, 11) is 1.38. The van der Waals surface area contributed by atoms with Crippen LogP contribution < -0.4 is 0 Å². The molecule has 3 rings (SSSR count). The Morgan fingerprint density at radius 3 is 2.52 bits per heavy atom. The predicted octanol–water partition coefficient (Wildman–Crippen LogP) is 1.14. The minimum atomic E-state index is -3.41. The third-order valence-corrected chi connectivity index (χ3v) is 7.68. The molecule has 0 atom stereocenters. The molecule has 2 saturated heterocycles. The van der Waals surface area contributed by atoms with Gasteiger partial charge in [0.1, 0.15) is 0 Å². The lowest BCUT2D eigenvalue weighted by atomic mass is 9.75. The number of methoxy groups -OCH3 is 1. The van der Waals surface area contributed by atoms with Gasteiger partial charge in [-0.05, 0) is 32.1 Å². The number of hydrogen-bond acceptors (Lipinski definition) is 7. The van der Waals surface area contributed by atoms with E-state index in [2.05, 4.69) is 5.16 Å². The number of hydrogen-bond donors (Lipinski definition) is 0. The topological polar surface area (TPSA) is 98.0 Å². The van der Waals surface area contributed by atoms with Crippen LogP contribution in [0.2, 0.25) is 0 Å². The quantitative estimate of drug-likeness (QED) is 0.674. The van der Waals surface area contributed by atoms with E-state index in [1.807, 2.05) is 0 Å². The first kappa shape index (κ1) is 20.7. The summed E-state index contributed by atoms with van der Waals surface area (Å²) in [5.41, 5.74) is -0.318. The van der Waals surface area contributed by atoms with Crippen molar-refractivity contribution in [2.24, 2.45) is 0 Å². The zero-order valence-corrected chi connectivity index (χ0v) is 17.2. The zero-order valence-electron chi connectivity index (χ0n) is 16.4. The molecule has 0 radical (unpaired) electrons. The van der Waals surface area contributed by atoms with Gasteiger partial charge in [-0.25, -0.2) is 0 Å². The fraction of sp³-hybridized carbons (Fsp3) is 0.882. The first-order valence-corrected chi connectivity index (χ1v) is 10.9. The molecule has 0 bridgehead atoms. The van der Waals surface area contributed by atoms with Crippen LogP contribution in [-0.4, -0.2) is 81.3 Å². The van der Waals surface area contributed by atoms with Crippen molar-refractivity contribution < 1.29 is 22.4 Å². The molecule has 0 N–H and O–H groups in total. The smallest absolute Gasteiger partial charge is 0.281 e. The van der Waals surface area contributed by atoms with Crippen molar-refractivity contribution in [1.29, 1.82) is 0 Å². The molecule has 27 heavy (non-hydrogen) atoms. The van der Waals surface area contributed by atoms with E-state index in [9.17, 15) is 8.42 Å². The first-order chi connectivity index (χ1) is 12.9. The summed E-state index contributed by atoms with van der Waals surface area (Å²) in [5.74, 6) is 1.60. The Morgan fingerprint density at radius 2 is 1.93 bits per heavy atom. The van der Waals surface area contributed by atoms with E-state index in [-0.39, 0.29) is 11.3 Å². The van der Waals surface area contributed by atoms with Gasteiger partial charge < -0.3 is 14.0 Å². The second kappa shape index (κ2) is 8.52. The third kappa shape index (κ3) is 4.34. The minimum Gasteiger partial charge on any atom is -0.385 e. The Bertz CT molecular complexity index is 707. The van der Waals surface area contributed by atoms with Gasteiger partial charge >= 0.3 is 0 Å². The average molecular weight is 403 g/mol. The molecule has 10 heteroatoms. The van der Waals surface area contributed by atoms with Crippen LogP contribution >= 0.6 is 0 Å². The highest BCUT2D eigenvalue weighted by atomic mass is 32.2. The third-order valence-electron chi connectivity index (χ3n) is 5.74. The summed E-state index contributed by atoms with van der Waals surface area (Å²) < 4.78 is 43.9. The molecule has 0 spiro atoms. The van der Waals surface area contributed by atoms with Crippen LogP contribution in [0.25, 0.3) is 0 Å². The molecule has 0 amide bonds. The number of nitrogens with zero attached hydrogens (tertiary/aromatic N) is 4. The standard InChI is InChI=1S/C17H30N4O5S/c1-20(2)27(22,23)21-9-6-17(7-10-21,8-13-24-3)16-18-15(26-19-16)14-4-11-25-12-5-14/h14H,4-13H2,1-3H3. The van der Waals surface area contributed by atoms with Gasteiger partial charge in [0.15, 0.2) is 5.82 Å². The molecule has 154 valence electrons. The second-order valence-electron chi connectivity index (χ2n) is 7.56. The molecule has 0 unspecified atom stereocenters. The van der Waals surface area contributed by atoms with Crippen LogP contribution in [-0.2, 0) is 25.1 Å². The maximum Gasteiger partial charge on any atom is 0.281 e. The van der Waals surface area contributed by atoms with Gasteiger partial charge in [-0.3, -0.25) is 0 Å². The summed E-state index contributed by atoms with van der Waals surface area (Å²) in [6, 6.07) is 0. The summed E-state index contributed by atoms with van der Waals surface area (Å²) >= 11 is 0. The molecule has 2 aliphatic heterocycles. The molecule has 1 aromatic heterocycles. The van der Waals surface area contributed by atoms with E-state index in [4.69, 9.17) is 19.0 Å². The summed E-state index contributed by atoms with van der Waals surface area (Å²) in [4.78, 5) is 4.74. The number of aromatic nitrogens is 2. The van der Waals surface area contributed by atoms with Gasteiger partial charge in [-0.15, -0.1) is 0 Å². The molecule has 0 aromatic carbocycles. The SMILES string of the molecule is COCCC1(c2noc(C3CCOCC3)n2)CCN(S(=O)(=O)N(C)C)CC1. The van der Waals surface area contributed by atoms with Crippen molar-refractivity contribution in [3.63, 3.8) is 0 Å². The van der Waals surface area contributed by atoms with Crippen molar-refractivity contribution in [2.45, 2.75) is 43.4 Å². The van der Waals surface area contributed by atoms with E-state index in [1.54, 1.807) is 21.2 Å². The van der Waals surface area contributed by atoms with E-state index < -0.39 is 10.2 Å². The Balaban J connectivity index is 1.77. The summed E-state index contributed by atoms with van der Waals surface area (Å²) in [6.07, 6.45) is 3.82. The highest BCUT2D eigenvalue weighted by Crippen LogP contribution is 2.39. The van der Waals surface area contributed by atoms with Gasteiger partial charge in [0.05, 0.1) is 0 Å². The minimum absolute atomic E-state index is 0.244. The molecular weight excluding hydrogens is 372 g/mol. The molecular formula is C17H30N4O5S. The van der Waals surface area contributed by atoms with Crippen LogP contribution in [0.15, 0.2) is 4.52 Å². The maximum atomic E-state index is 12.4. The number of ether oxygens (including phenoxy) is 2. The highest BCUT2D eigenvalue weighted by molar-refractivity contribution is 7.86. The van der Waals surface area contributed by atoms with Crippen LogP contribution in [0.1, 0.15) is 49.7 Å². The largest absolute Gasteiger partial charge is 0.385 e. The normalized spacial score (nSPS) is 22.4. The van der Waals surface area contributed by atoms with Crippen molar-refractivity contribution >= 4 is 10.2 Å². The lowest BCUT2D eigenvalue weighted by Crippen LogP contribution is -2.49. The van der Waals surface area contributed by atoms with Gasteiger partial charge in [0, 0.05) is 65.4 Å². The van der Waals surface area contributed by atoms with Crippen LogP contribution in [0.5, 0.6) is 0 Å².